The Kier molecular flexibility index (Phi) is 6.67. The maximum Gasteiger partial charge on any atom is 0.416 e. The van der Waals surface area contributed by atoms with Crippen LogP contribution in [0.1, 0.15) is 11.1 Å². The molecule has 0 spiro atoms. The summed E-state index contributed by atoms with van der Waals surface area (Å²) in [6, 6.07) is 12.5. The number of sulfone groups is 1. The van der Waals surface area contributed by atoms with Gasteiger partial charge in [0.05, 0.1) is 35.0 Å². The number of amides is 1. The molecule has 0 aromatic heterocycles. The molecule has 0 unspecified atom stereocenters. The molecule has 0 saturated carbocycles. The molecule has 1 aliphatic heterocycles. The van der Waals surface area contributed by atoms with Gasteiger partial charge in [0.2, 0.25) is 5.91 Å². The highest BCUT2D eigenvalue weighted by Crippen LogP contribution is 2.34. The predicted octanol–water partition coefficient (Wildman–Crippen LogP) is 2.99. The van der Waals surface area contributed by atoms with Crippen molar-refractivity contribution >= 4 is 27.1 Å². The van der Waals surface area contributed by atoms with Crippen LogP contribution in [0.15, 0.2) is 48.5 Å². The molecule has 1 aliphatic rings. The van der Waals surface area contributed by atoms with Gasteiger partial charge in [-0.05, 0) is 23.8 Å². The summed E-state index contributed by atoms with van der Waals surface area (Å²) in [5.74, 6) is -0.571. The maximum atomic E-state index is 13.1. The number of rotatable bonds is 6. The Labute approximate surface area is 173 Å². The summed E-state index contributed by atoms with van der Waals surface area (Å²) in [4.78, 5) is 14.1. The summed E-state index contributed by atoms with van der Waals surface area (Å²) < 4.78 is 62.4. The van der Waals surface area contributed by atoms with Gasteiger partial charge in [-0.3, -0.25) is 9.69 Å². The minimum absolute atomic E-state index is 0.0235. The van der Waals surface area contributed by atoms with E-state index >= 15 is 0 Å². The number of hydrogen-bond acceptors (Lipinski definition) is 5. The van der Waals surface area contributed by atoms with Crippen LogP contribution in [-0.4, -0.2) is 50.4 Å². The molecule has 30 heavy (non-hydrogen) atoms. The summed E-state index contributed by atoms with van der Waals surface area (Å²) in [6.45, 7) is 0.720. The van der Waals surface area contributed by atoms with Gasteiger partial charge in [0.25, 0.3) is 0 Å². The summed E-state index contributed by atoms with van der Waals surface area (Å²) >= 11 is 0. The monoisotopic (exact) mass is 441 g/mol. The second kappa shape index (κ2) is 9.05. The Hall–Kier alpha value is -2.59. The van der Waals surface area contributed by atoms with Crippen LogP contribution in [0.4, 0.5) is 24.5 Å². The first-order valence-corrected chi connectivity index (χ1v) is 11.2. The van der Waals surface area contributed by atoms with E-state index in [1.807, 2.05) is 30.3 Å². The van der Waals surface area contributed by atoms with E-state index in [0.717, 1.165) is 17.7 Å². The average molecular weight is 441 g/mol. The fourth-order valence-electron chi connectivity index (χ4n) is 3.07. The Morgan fingerprint density at radius 3 is 2.30 bits per heavy atom. The van der Waals surface area contributed by atoms with E-state index in [-0.39, 0.29) is 36.8 Å². The van der Waals surface area contributed by atoms with E-state index in [2.05, 4.69) is 10.6 Å². The first-order chi connectivity index (χ1) is 14.1. The molecule has 1 amide bonds. The van der Waals surface area contributed by atoms with Crippen LogP contribution in [0.3, 0.4) is 0 Å². The molecule has 0 bridgehead atoms. The second-order valence-electron chi connectivity index (χ2n) is 7.07. The largest absolute Gasteiger partial charge is 0.416 e. The van der Waals surface area contributed by atoms with Gasteiger partial charge in [0.15, 0.2) is 9.84 Å². The van der Waals surface area contributed by atoms with Crippen molar-refractivity contribution in [2.24, 2.45) is 0 Å². The van der Waals surface area contributed by atoms with Crippen LogP contribution in [0.25, 0.3) is 0 Å². The van der Waals surface area contributed by atoms with Crippen molar-refractivity contribution in [1.29, 1.82) is 0 Å². The van der Waals surface area contributed by atoms with Gasteiger partial charge >= 0.3 is 6.18 Å². The number of carbonyl (C=O) groups excluding carboxylic acids is 1. The average Bonchev–Trinajstić information content (AvgIpc) is 2.68. The van der Waals surface area contributed by atoms with Crippen molar-refractivity contribution in [2.75, 3.05) is 41.8 Å². The number of nitrogens with one attached hydrogen (secondary N) is 2. The minimum atomic E-state index is -4.54. The molecule has 0 aliphatic carbocycles. The zero-order chi connectivity index (χ0) is 21.8. The number of hydrogen-bond donors (Lipinski definition) is 2. The van der Waals surface area contributed by atoms with Gasteiger partial charge in [-0.2, -0.15) is 13.2 Å². The van der Waals surface area contributed by atoms with Gasteiger partial charge in [-0.25, -0.2) is 8.42 Å². The number of benzene rings is 2. The standard InChI is InChI=1S/C20H22F3N3O3S/c21-20(22,23)16-6-7-17(24-13-15-4-2-1-3-5-15)18(12-16)25-19(27)14-26-8-10-30(28,29)11-9-26/h1-7,12,24H,8-11,13-14H2,(H,25,27). The lowest BCUT2D eigenvalue weighted by Crippen LogP contribution is -2.43. The zero-order valence-electron chi connectivity index (χ0n) is 16.1. The maximum absolute atomic E-state index is 13.1. The van der Waals surface area contributed by atoms with E-state index in [1.54, 1.807) is 4.90 Å². The number of anilines is 2. The molecule has 10 heteroatoms. The second-order valence-corrected chi connectivity index (χ2v) is 9.38. The van der Waals surface area contributed by atoms with Crippen LogP contribution in [0, 0.1) is 0 Å². The third-order valence-electron chi connectivity index (χ3n) is 4.75. The van der Waals surface area contributed by atoms with Gasteiger partial charge < -0.3 is 10.6 Å². The van der Waals surface area contributed by atoms with Crippen molar-refractivity contribution in [3.63, 3.8) is 0 Å². The lowest BCUT2D eigenvalue weighted by molar-refractivity contribution is -0.137. The summed E-state index contributed by atoms with van der Waals surface area (Å²) in [7, 11) is -3.08. The molecule has 162 valence electrons. The summed E-state index contributed by atoms with van der Waals surface area (Å²) in [5, 5.41) is 5.59. The highest BCUT2D eigenvalue weighted by molar-refractivity contribution is 7.91. The lowest BCUT2D eigenvalue weighted by Gasteiger charge is -2.26. The molecule has 0 radical (unpaired) electrons. The number of halogens is 3. The fourth-order valence-corrected chi connectivity index (χ4v) is 4.35. The number of alkyl halides is 3. The van der Waals surface area contributed by atoms with Gasteiger partial charge in [-0.15, -0.1) is 0 Å². The van der Waals surface area contributed by atoms with Gasteiger partial charge in [0, 0.05) is 19.6 Å². The summed E-state index contributed by atoms with van der Waals surface area (Å²) in [6.07, 6.45) is -4.54. The molecule has 0 atom stereocenters. The molecule has 3 rings (SSSR count). The van der Waals surface area contributed by atoms with Crippen molar-refractivity contribution in [2.45, 2.75) is 12.7 Å². The highest BCUT2D eigenvalue weighted by Gasteiger charge is 2.31. The molecule has 1 fully saturated rings. The SMILES string of the molecule is O=C(CN1CCS(=O)(=O)CC1)Nc1cc(C(F)(F)F)ccc1NCc1ccccc1. The predicted molar refractivity (Wildman–Crippen MR) is 109 cm³/mol. The van der Waals surface area contributed by atoms with Crippen molar-refractivity contribution in [3.05, 3.63) is 59.7 Å². The van der Waals surface area contributed by atoms with Crippen LogP contribution in [-0.2, 0) is 27.4 Å². The molecule has 1 heterocycles. The van der Waals surface area contributed by atoms with Gasteiger partial charge in [-0.1, -0.05) is 30.3 Å². The topological polar surface area (TPSA) is 78.5 Å². The van der Waals surface area contributed by atoms with Crippen LogP contribution in [0.2, 0.25) is 0 Å². The van der Waals surface area contributed by atoms with E-state index in [4.69, 9.17) is 0 Å². The van der Waals surface area contributed by atoms with Crippen molar-refractivity contribution in [3.8, 4) is 0 Å². The molecule has 2 aromatic carbocycles. The van der Waals surface area contributed by atoms with E-state index in [1.165, 1.54) is 6.07 Å². The van der Waals surface area contributed by atoms with Crippen molar-refractivity contribution in [1.82, 2.24) is 4.90 Å². The van der Waals surface area contributed by atoms with Crippen LogP contribution < -0.4 is 10.6 Å². The fraction of sp³-hybridized carbons (Fsp3) is 0.350. The molecule has 6 nitrogen and oxygen atoms in total. The van der Waals surface area contributed by atoms with Gasteiger partial charge in [0.1, 0.15) is 0 Å². The summed E-state index contributed by atoms with van der Waals surface area (Å²) in [5.41, 5.74) is 0.452. The Morgan fingerprint density at radius 1 is 1.00 bits per heavy atom. The van der Waals surface area contributed by atoms with Crippen molar-refractivity contribution < 1.29 is 26.4 Å². The van der Waals surface area contributed by atoms with Crippen LogP contribution >= 0.6 is 0 Å². The first-order valence-electron chi connectivity index (χ1n) is 9.34. The smallest absolute Gasteiger partial charge is 0.379 e. The number of nitrogens with zero attached hydrogens (tertiary/aromatic N) is 1. The van der Waals surface area contributed by atoms with Crippen LogP contribution in [0.5, 0.6) is 0 Å². The number of carbonyl (C=O) groups is 1. The first kappa shape index (κ1) is 22.1. The molecular formula is C20H22F3N3O3S. The molecular weight excluding hydrogens is 419 g/mol. The third kappa shape index (κ3) is 6.20. The lowest BCUT2D eigenvalue weighted by atomic mass is 10.1. The Bertz CT molecular complexity index is 981. The Balaban J connectivity index is 1.72. The third-order valence-corrected chi connectivity index (χ3v) is 6.36. The Morgan fingerprint density at radius 2 is 1.67 bits per heavy atom. The molecule has 1 saturated heterocycles. The normalized spacial score (nSPS) is 16.8. The van der Waals surface area contributed by atoms with E-state index in [9.17, 15) is 26.4 Å². The van der Waals surface area contributed by atoms with E-state index in [0.29, 0.717) is 12.2 Å². The molecule has 2 N–H and O–H groups in total. The minimum Gasteiger partial charge on any atom is -0.379 e. The quantitative estimate of drug-likeness (QED) is 0.721. The highest BCUT2D eigenvalue weighted by atomic mass is 32.2. The zero-order valence-corrected chi connectivity index (χ0v) is 16.9. The van der Waals surface area contributed by atoms with E-state index < -0.39 is 27.5 Å². The molecule has 2 aromatic rings.